The fourth-order valence-corrected chi connectivity index (χ4v) is 3.00. The number of fused-ring (bicyclic) bond motifs is 1. The van der Waals surface area contributed by atoms with E-state index in [-0.39, 0.29) is 17.9 Å². The van der Waals surface area contributed by atoms with Gasteiger partial charge in [-0.3, -0.25) is 14.0 Å². The van der Waals surface area contributed by atoms with Gasteiger partial charge >= 0.3 is 0 Å². The maximum atomic E-state index is 12.6. The number of carbonyl (C=O) groups is 2. The number of hydrogen-bond acceptors (Lipinski definition) is 4. The van der Waals surface area contributed by atoms with Gasteiger partial charge in [0, 0.05) is 23.0 Å². The predicted octanol–water partition coefficient (Wildman–Crippen LogP) is 3.47. The van der Waals surface area contributed by atoms with E-state index in [9.17, 15) is 9.59 Å². The van der Waals surface area contributed by atoms with Crippen molar-refractivity contribution in [2.45, 2.75) is 13.0 Å². The van der Waals surface area contributed by atoms with Crippen LogP contribution in [-0.4, -0.2) is 26.4 Å². The number of amides is 2. The maximum absolute atomic E-state index is 12.6. The minimum absolute atomic E-state index is 0.199. The summed E-state index contributed by atoms with van der Waals surface area (Å²) >= 11 is 0. The van der Waals surface area contributed by atoms with Gasteiger partial charge in [-0.05, 0) is 55.5 Å². The van der Waals surface area contributed by atoms with Crippen LogP contribution < -0.4 is 10.6 Å². The number of pyridine rings is 1. The molecule has 1 unspecified atom stereocenters. The van der Waals surface area contributed by atoms with Gasteiger partial charge in [0.1, 0.15) is 0 Å². The molecule has 29 heavy (non-hydrogen) atoms. The Balaban J connectivity index is 1.42. The summed E-state index contributed by atoms with van der Waals surface area (Å²) in [5.74, 6) is 0.224. The van der Waals surface area contributed by atoms with Gasteiger partial charge in [0.25, 0.3) is 11.8 Å². The van der Waals surface area contributed by atoms with Gasteiger partial charge in [-0.1, -0.05) is 24.3 Å². The second-order valence-electron chi connectivity index (χ2n) is 6.58. The van der Waals surface area contributed by atoms with Gasteiger partial charge in [0.15, 0.2) is 11.5 Å². The van der Waals surface area contributed by atoms with Gasteiger partial charge in [-0.15, -0.1) is 10.2 Å². The number of rotatable bonds is 5. The maximum Gasteiger partial charge on any atom is 0.255 e. The lowest BCUT2D eigenvalue weighted by Gasteiger charge is -2.13. The van der Waals surface area contributed by atoms with E-state index in [0.29, 0.717) is 22.6 Å². The topological polar surface area (TPSA) is 88.4 Å². The number of hydrogen-bond donors (Lipinski definition) is 2. The molecule has 2 N–H and O–H groups in total. The summed E-state index contributed by atoms with van der Waals surface area (Å²) < 4.78 is 1.84. The van der Waals surface area contributed by atoms with E-state index in [4.69, 9.17) is 0 Å². The zero-order valence-electron chi connectivity index (χ0n) is 15.7. The molecule has 2 aromatic carbocycles. The summed E-state index contributed by atoms with van der Waals surface area (Å²) in [5, 5.41) is 14.0. The Hall–Kier alpha value is -4.00. The molecule has 0 fully saturated rings. The van der Waals surface area contributed by atoms with E-state index >= 15 is 0 Å². The Morgan fingerprint density at radius 3 is 2.28 bits per heavy atom. The lowest BCUT2D eigenvalue weighted by atomic mass is 10.1. The Bertz CT molecular complexity index is 1150. The number of anilines is 1. The highest BCUT2D eigenvalue weighted by Gasteiger charge is 2.16. The highest BCUT2D eigenvalue weighted by Crippen LogP contribution is 2.15. The Labute approximate surface area is 167 Å². The smallest absolute Gasteiger partial charge is 0.255 e. The van der Waals surface area contributed by atoms with Crippen LogP contribution >= 0.6 is 0 Å². The highest BCUT2D eigenvalue weighted by atomic mass is 16.2. The average Bonchev–Trinajstić information content (AvgIpc) is 3.19. The molecular formula is C22H19N5O2. The third kappa shape index (κ3) is 3.98. The van der Waals surface area contributed by atoms with Gasteiger partial charge in [-0.25, -0.2) is 0 Å². The van der Waals surface area contributed by atoms with E-state index in [0.717, 1.165) is 5.65 Å². The molecule has 4 aromatic rings. The van der Waals surface area contributed by atoms with Crippen molar-refractivity contribution in [2.75, 3.05) is 5.32 Å². The predicted molar refractivity (Wildman–Crippen MR) is 110 cm³/mol. The lowest BCUT2D eigenvalue weighted by Crippen LogP contribution is -2.28. The normalized spacial score (nSPS) is 11.8. The Kier molecular flexibility index (Phi) is 5.03. The van der Waals surface area contributed by atoms with Crippen LogP contribution in [0.4, 0.5) is 5.69 Å². The first-order valence-electron chi connectivity index (χ1n) is 9.19. The fraction of sp³-hybridized carbons (Fsp3) is 0.0909. The zero-order chi connectivity index (χ0) is 20.2. The van der Waals surface area contributed by atoms with Crippen molar-refractivity contribution in [3.8, 4) is 0 Å². The number of aromatic nitrogens is 3. The molecule has 2 heterocycles. The minimum Gasteiger partial charge on any atom is -0.342 e. The van der Waals surface area contributed by atoms with Crippen LogP contribution in [0.5, 0.6) is 0 Å². The van der Waals surface area contributed by atoms with Crippen molar-refractivity contribution >= 4 is 23.1 Å². The molecule has 2 aromatic heterocycles. The first kappa shape index (κ1) is 18.4. The standard InChI is InChI=1S/C22H19N5O2/c1-15(20-26-25-19-9-5-6-14-27(19)20)23-21(28)17-10-12-18(13-11-17)24-22(29)16-7-3-2-4-8-16/h2-15H,1H3,(H,23,28)(H,24,29). The van der Waals surface area contributed by atoms with Crippen molar-refractivity contribution in [3.63, 3.8) is 0 Å². The summed E-state index contributed by atoms with van der Waals surface area (Å²) in [7, 11) is 0. The van der Waals surface area contributed by atoms with Gasteiger partial charge in [0.2, 0.25) is 0 Å². The van der Waals surface area contributed by atoms with E-state index in [1.54, 1.807) is 36.4 Å². The third-order valence-corrected chi connectivity index (χ3v) is 4.52. The molecule has 0 saturated heterocycles. The van der Waals surface area contributed by atoms with Gasteiger partial charge < -0.3 is 10.6 Å². The van der Waals surface area contributed by atoms with Crippen LogP contribution in [0, 0.1) is 0 Å². The second kappa shape index (κ2) is 7.93. The van der Waals surface area contributed by atoms with E-state index in [1.165, 1.54) is 0 Å². The minimum atomic E-state index is -0.322. The molecule has 7 heteroatoms. The van der Waals surface area contributed by atoms with Crippen molar-refractivity contribution in [1.82, 2.24) is 19.9 Å². The van der Waals surface area contributed by atoms with Gasteiger partial charge in [-0.2, -0.15) is 0 Å². The van der Waals surface area contributed by atoms with Crippen LogP contribution in [0.15, 0.2) is 79.0 Å². The van der Waals surface area contributed by atoms with E-state index in [1.807, 2.05) is 53.9 Å². The number of nitrogens with one attached hydrogen (secondary N) is 2. The molecule has 2 amide bonds. The van der Waals surface area contributed by atoms with Crippen LogP contribution in [-0.2, 0) is 0 Å². The van der Waals surface area contributed by atoms with E-state index in [2.05, 4.69) is 20.8 Å². The largest absolute Gasteiger partial charge is 0.342 e. The Morgan fingerprint density at radius 1 is 0.828 bits per heavy atom. The van der Waals surface area contributed by atoms with Crippen molar-refractivity contribution < 1.29 is 9.59 Å². The SMILES string of the molecule is CC(NC(=O)c1ccc(NC(=O)c2ccccc2)cc1)c1nnc2ccccn12. The molecule has 1 atom stereocenters. The molecule has 0 radical (unpaired) electrons. The van der Waals surface area contributed by atoms with E-state index < -0.39 is 0 Å². The number of benzene rings is 2. The summed E-state index contributed by atoms with van der Waals surface area (Å²) in [4.78, 5) is 24.8. The molecule has 0 aliphatic carbocycles. The van der Waals surface area contributed by atoms with Crippen LogP contribution in [0.3, 0.4) is 0 Å². The molecular weight excluding hydrogens is 366 g/mol. The Morgan fingerprint density at radius 2 is 1.52 bits per heavy atom. The zero-order valence-corrected chi connectivity index (χ0v) is 15.7. The summed E-state index contributed by atoms with van der Waals surface area (Å²) in [6.07, 6.45) is 1.86. The molecule has 0 spiro atoms. The van der Waals surface area contributed by atoms with Crippen molar-refractivity contribution in [3.05, 3.63) is 95.9 Å². The monoisotopic (exact) mass is 385 g/mol. The number of nitrogens with zero attached hydrogens (tertiary/aromatic N) is 3. The molecule has 0 aliphatic rings. The third-order valence-electron chi connectivity index (χ3n) is 4.52. The summed E-state index contributed by atoms with van der Waals surface area (Å²) in [6, 6.07) is 21.0. The number of carbonyl (C=O) groups excluding carboxylic acids is 2. The highest BCUT2D eigenvalue weighted by molar-refractivity contribution is 6.04. The summed E-state index contributed by atoms with van der Waals surface area (Å²) in [5.41, 5.74) is 2.40. The van der Waals surface area contributed by atoms with Crippen LogP contribution in [0.1, 0.15) is 39.5 Å². The average molecular weight is 385 g/mol. The van der Waals surface area contributed by atoms with Crippen molar-refractivity contribution in [1.29, 1.82) is 0 Å². The fourth-order valence-electron chi connectivity index (χ4n) is 3.00. The first-order chi connectivity index (χ1) is 14.1. The molecule has 0 aliphatic heterocycles. The molecule has 7 nitrogen and oxygen atoms in total. The molecule has 4 rings (SSSR count). The molecule has 0 saturated carbocycles. The summed E-state index contributed by atoms with van der Waals surface area (Å²) in [6.45, 7) is 1.86. The molecule has 144 valence electrons. The first-order valence-corrected chi connectivity index (χ1v) is 9.19. The lowest BCUT2D eigenvalue weighted by molar-refractivity contribution is 0.0937. The van der Waals surface area contributed by atoms with Crippen LogP contribution in [0.25, 0.3) is 5.65 Å². The second-order valence-corrected chi connectivity index (χ2v) is 6.58. The van der Waals surface area contributed by atoms with Crippen LogP contribution in [0.2, 0.25) is 0 Å². The van der Waals surface area contributed by atoms with Crippen molar-refractivity contribution in [2.24, 2.45) is 0 Å². The van der Waals surface area contributed by atoms with Gasteiger partial charge in [0.05, 0.1) is 6.04 Å². The molecule has 0 bridgehead atoms. The quantitative estimate of drug-likeness (QED) is 0.551.